The van der Waals surface area contributed by atoms with E-state index in [0.717, 1.165) is 0 Å². The van der Waals surface area contributed by atoms with E-state index in [9.17, 15) is 4.89 Å². The topological polar surface area (TPSA) is 54.0 Å². The third kappa shape index (κ3) is 3.93. The lowest BCUT2D eigenvalue weighted by Gasteiger charge is -2.44. The molecule has 1 rings (SSSR count). The Morgan fingerprint density at radius 3 is 2.62 bits per heavy atom. The summed E-state index contributed by atoms with van der Waals surface area (Å²) in [5, 5.41) is 2.98. The summed E-state index contributed by atoms with van der Waals surface area (Å²) >= 11 is 11.4. The van der Waals surface area contributed by atoms with Gasteiger partial charge in [-0.2, -0.15) is 0 Å². The number of nitrogens with zero attached hydrogens (tertiary/aromatic N) is 1. The van der Waals surface area contributed by atoms with Crippen molar-refractivity contribution in [1.82, 2.24) is 9.76 Å². The molecule has 1 aliphatic rings. The molecule has 2 N–H and O–H groups in total. The zero-order valence-corrected chi connectivity index (χ0v) is 11.6. The maximum Gasteiger partial charge on any atom is 0.246 e. The number of halogens is 2. The van der Waals surface area contributed by atoms with Gasteiger partial charge in [0.1, 0.15) is 6.23 Å². The van der Waals surface area contributed by atoms with Gasteiger partial charge in [-0.05, 0) is 0 Å². The normalized spacial score (nSPS) is 30.9. The first kappa shape index (κ1) is 14.9. The van der Waals surface area contributed by atoms with Crippen molar-refractivity contribution in [3.05, 3.63) is 0 Å². The van der Waals surface area contributed by atoms with E-state index in [0.29, 0.717) is 37.9 Å². The van der Waals surface area contributed by atoms with Gasteiger partial charge in [0.25, 0.3) is 0 Å². The van der Waals surface area contributed by atoms with Crippen LogP contribution in [0.15, 0.2) is 0 Å². The average molecular weight is 292 g/mol. The van der Waals surface area contributed by atoms with E-state index < -0.39 is 8.02 Å². The van der Waals surface area contributed by atoms with Crippen molar-refractivity contribution in [3.63, 3.8) is 0 Å². The van der Waals surface area contributed by atoms with Crippen molar-refractivity contribution in [3.8, 4) is 0 Å². The lowest BCUT2D eigenvalue weighted by Crippen LogP contribution is -2.45. The van der Waals surface area contributed by atoms with Crippen LogP contribution in [0.3, 0.4) is 0 Å². The first-order valence-electron chi connectivity index (χ1n) is 5.10. The van der Waals surface area contributed by atoms with E-state index in [1.54, 1.807) is 11.8 Å². The summed E-state index contributed by atoms with van der Waals surface area (Å²) < 4.78 is 12.4. The molecule has 0 spiro atoms. The fourth-order valence-electron chi connectivity index (χ4n) is 1.49. The van der Waals surface area contributed by atoms with Crippen molar-refractivity contribution >= 4 is 31.2 Å². The Labute approximate surface area is 107 Å². The Balaban J connectivity index is 2.63. The monoisotopic (exact) mass is 291 g/mol. The van der Waals surface area contributed by atoms with Crippen molar-refractivity contribution < 1.29 is 14.2 Å². The molecule has 2 atom stereocenters. The van der Waals surface area contributed by atoms with E-state index >= 15 is 0 Å². The Morgan fingerprint density at radius 1 is 1.50 bits per heavy atom. The molecule has 1 radical (unpaired) electrons. The second-order valence-electron chi connectivity index (χ2n) is 3.35. The molecule has 0 amide bonds. The maximum atomic E-state index is 10.4. The molecule has 1 fully saturated rings. The maximum absolute atomic E-state index is 10.4. The second kappa shape index (κ2) is 7.29. The molecule has 1 heterocycles. The van der Waals surface area contributed by atoms with E-state index in [1.165, 1.54) is 0 Å². The van der Waals surface area contributed by atoms with Gasteiger partial charge in [-0.25, -0.2) is 9.76 Å². The van der Waals surface area contributed by atoms with Gasteiger partial charge in [-0.1, -0.05) is 0 Å². The highest BCUT2D eigenvalue weighted by atomic mass is 35.5. The van der Waals surface area contributed by atoms with Crippen LogP contribution in [0.25, 0.3) is 0 Å². The van der Waals surface area contributed by atoms with Crippen LogP contribution < -0.4 is 5.09 Å². The van der Waals surface area contributed by atoms with Crippen molar-refractivity contribution in [2.75, 3.05) is 38.6 Å². The molecule has 0 aromatic carbocycles. The van der Waals surface area contributed by atoms with Gasteiger partial charge in [0, 0.05) is 38.4 Å². The SMILES string of the molecule is COC1CCO[P](O)(N(CCCl)CCCl)N1. The molecule has 1 aliphatic heterocycles. The number of alkyl halides is 2. The Kier molecular flexibility index (Phi) is 6.77. The summed E-state index contributed by atoms with van der Waals surface area (Å²) in [4.78, 5) is 10.4. The van der Waals surface area contributed by atoms with Crippen LogP contribution in [0.5, 0.6) is 0 Å². The van der Waals surface area contributed by atoms with Crippen molar-refractivity contribution in [1.29, 1.82) is 0 Å². The average Bonchev–Trinajstić information content (AvgIpc) is 2.29. The molecule has 0 bridgehead atoms. The van der Waals surface area contributed by atoms with E-state index in [1.807, 2.05) is 0 Å². The molecule has 0 aromatic heterocycles. The molecule has 16 heavy (non-hydrogen) atoms. The summed E-state index contributed by atoms with van der Waals surface area (Å²) in [5.74, 6) is 0.837. The van der Waals surface area contributed by atoms with Crippen LogP contribution in [0.4, 0.5) is 0 Å². The molecule has 97 valence electrons. The van der Waals surface area contributed by atoms with Crippen LogP contribution in [0.1, 0.15) is 6.42 Å². The van der Waals surface area contributed by atoms with Gasteiger partial charge in [0.05, 0.1) is 6.61 Å². The summed E-state index contributed by atoms with van der Waals surface area (Å²) in [6.45, 7) is 1.53. The molecular weight excluding hydrogens is 274 g/mol. The minimum Gasteiger partial charge on any atom is -0.366 e. The standard InChI is InChI=1S/C8H18Cl2N2O3P/c1-14-8-2-7-15-16(13,11-8)12(5-3-9)6-4-10/h8,11,13H,2-7H2,1H3. The predicted octanol–water partition coefficient (Wildman–Crippen LogP) is 1.42. The summed E-state index contributed by atoms with van der Waals surface area (Å²) in [6.07, 6.45) is 0.536. The Morgan fingerprint density at radius 2 is 2.12 bits per heavy atom. The van der Waals surface area contributed by atoms with Gasteiger partial charge in [-0.3, -0.25) is 0 Å². The minimum atomic E-state index is -2.79. The second-order valence-corrected chi connectivity index (χ2v) is 6.28. The van der Waals surface area contributed by atoms with Gasteiger partial charge < -0.3 is 14.2 Å². The number of hydrogen-bond acceptors (Lipinski definition) is 5. The summed E-state index contributed by atoms with van der Waals surface area (Å²) in [7, 11) is -1.19. The fourth-order valence-corrected chi connectivity index (χ4v) is 4.25. The van der Waals surface area contributed by atoms with Crippen LogP contribution in [-0.2, 0) is 9.26 Å². The van der Waals surface area contributed by atoms with Gasteiger partial charge in [0.2, 0.25) is 8.02 Å². The quantitative estimate of drug-likeness (QED) is 0.573. The van der Waals surface area contributed by atoms with E-state index in [-0.39, 0.29) is 6.23 Å². The van der Waals surface area contributed by atoms with E-state index in [2.05, 4.69) is 5.09 Å². The zero-order chi connectivity index (χ0) is 12.0. The smallest absolute Gasteiger partial charge is 0.246 e. The molecular formula is C8H18Cl2N2O3P. The predicted molar refractivity (Wildman–Crippen MR) is 66.7 cm³/mol. The minimum absolute atomic E-state index is 0.180. The summed E-state index contributed by atoms with van der Waals surface area (Å²) in [6, 6.07) is 0. The first-order chi connectivity index (χ1) is 7.66. The van der Waals surface area contributed by atoms with Gasteiger partial charge >= 0.3 is 0 Å². The highest BCUT2D eigenvalue weighted by molar-refractivity contribution is 7.61. The third-order valence-corrected chi connectivity index (χ3v) is 4.99. The third-order valence-electron chi connectivity index (χ3n) is 2.32. The number of hydrogen-bond donors (Lipinski definition) is 2. The van der Waals surface area contributed by atoms with Crippen LogP contribution in [-0.4, -0.2) is 54.4 Å². The Hall–Kier alpha value is 0.810. The lowest BCUT2D eigenvalue weighted by molar-refractivity contribution is 0.0377. The van der Waals surface area contributed by atoms with Crippen LogP contribution in [0.2, 0.25) is 0 Å². The molecule has 0 aromatic rings. The number of nitrogens with one attached hydrogen (secondary N) is 1. The first-order valence-corrected chi connectivity index (χ1v) is 7.78. The highest BCUT2D eigenvalue weighted by Gasteiger charge is 2.39. The van der Waals surface area contributed by atoms with Gasteiger partial charge in [0.15, 0.2) is 0 Å². The zero-order valence-electron chi connectivity index (χ0n) is 9.23. The highest BCUT2D eigenvalue weighted by Crippen LogP contribution is 2.57. The van der Waals surface area contributed by atoms with Crippen LogP contribution in [0, 0.1) is 0 Å². The molecule has 5 nitrogen and oxygen atoms in total. The molecule has 2 unspecified atom stereocenters. The molecule has 0 saturated carbocycles. The fraction of sp³-hybridized carbons (Fsp3) is 1.00. The largest absolute Gasteiger partial charge is 0.366 e. The van der Waals surface area contributed by atoms with Crippen molar-refractivity contribution in [2.24, 2.45) is 0 Å². The Bertz CT molecular complexity index is 210. The number of ether oxygens (including phenoxy) is 1. The molecule has 0 aliphatic carbocycles. The van der Waals surface area contributed by atoms with Crippen LogP contribution >= 0.6 is 31.2 Å². The van der Waals surface area contributed by atoms with Crippen molar-refractivity contribution in [2.45, 2.75) is 12.6 Å². The van der Waals surface area contributed by atoms with Gasteiger partial charge in [-0.15, -0.1) is 23.2 Å². The summed E-state index contributed by atoms with van der Waals surface area (Å²) in [5.41, 5.74) is 0. The lowest BCUT2D eigenvalue weighted by atomic mass is 10.4. The number of methoxy groups -OCH3 is 1. The number of rotatable bonds is 6. The molecule has 1 saturated heterocycles. The molecule has 8 heteroatoms. The van der Waals surface area contributed by atoms with E-state index in [4.69, 9.17) is 32.5 Å².